The van der Waals surface area contributed by atoms with Crippen molar-refractivity contribution < 1.29 is 0 Å². The van der Waals surface area contributed by atoms with E-state index in [-0.39, 0.29) is 0 Å². The fourth-order valence-electron chi connectivity index (χ4n) is 8.88. The van der Waals surface area contributed by atoms with Gasteiger partial charge < -0.3 is 4.90 Å². The molecule has 0 unspecified atom stereocenters. The molecule has 0 saturated heterocycles. The lowest BCUT2D eigenvalue weighted by Gasteiger charge is -2.26. The van der Waals surface area contributed by atoms with Crippen molar-refractivity contribution in [3.05, 3.63) is 206 Å². The molecule has 0 N–H and O–H groups in total. The third kappa shape index (κ3) is 5.00. The van der Waals surface area contributed by atoms with Crippen LogP contribution in [-0.2, 0) is 0 Å². The van der Waals surface area contributed by atoms with E-state index in [9.17, 15) is 0 Å². The van der Waals surface area contributed by atoms with Crippen molar-refractivity contribution in [3.63, 3.8) is 0 Å². The van der Waals surface area contributed by atoms with Crippen LogP contribution in [0.5, 0.6) is 0 Å². The first kappa shape index (κ1) is 31.3. The van der Waals surface area contributed by atoms with Crippen LogP contribution in [0.2, 0.25) is 0 Å². The smallest absolute Gasteiger partial charge is 0.0703 e. The Hall–Kier alpha value is -7.29. The van der Waals surface area contributed by atoms with Crippen molar-refractivity contribution in [2.45, 2.75) is 0 Å². The van der Waals surface area contributed by atoms with Crippen LogP contribution in [-0.4, -0.2) is 4.98 Å². The Morgan fingerprint density at radius 2 is 0.855 bits per heavy atom. The second-order valence-corrected chi connectivity index (χ2v) is 14.3. The minimum atomic E-state index is 0.987. The Morgan fingerprint density at radius 1 is 0.327 bits per heavy atom. The van der Waals surface area contributed by atoms with E-state index in [0.717, 1.165) is 28.0 Å². The third-order valence-corrected chi connectivity index (χ3v) is 11.2. The summed E-state index contributed by atoms with van der Waals surface area (Å²) >= 11 is 0. The number of anilines is 3. The highest BCUT2D eigenvalue weighted by atomic mass is 15.1. The number of aromatic nitrogens is 1. The van der Waals surface area contributed by atoms with Crippen molar-refractivity contribution in [1.82, 2.24) is 4.98 Å². The van der Waals surface area contributed by atoms with Gasteiger partial charge in [-0.15, -0.1) is 0 Å². The summed E-state index contributed by atoms with van der Waals surface area (Å²) in [4.78, 5) is 7.17. The zero-order valence-corrected chi connectivity index (χ0v) is 30.0. The fourth-order valence-corrected chi connectivity index (χ4v) is 8.88. The molecule has 256 valence electrons. The average molecular weight is 699 g/mol. The summed E-state index contributed by atoms with van der Waals surface area (Å²) in [5, 5.41) is 6.22. The van der Waals surface area contributed by atoms with Gasteiger partial charge in [0.15, 0.2) is 0 Å². The zero-order valence-electron chi connectivity index (χ0n) is 30.0. The predicted molar refractivity (Wildman–Crippen MR) is 232 cm³/mol. The Labute approximate surface area is 320 Å². The molecule has 2 nitrogen and oxygen atoms in total. The maximum Gasteiger partial charge on any atom is 0.0703 e. The summed E-state index contributed by atoms with van der Waals surface area (Å²) in [6, 6.07) is 72.5. The molecular weight excluding hydrogens is 665 g/mol. The largest absolute Gasteiger partial charge is 0.309 e. The van der Waals surface area contributed by atoms with Gasteiger partial charge in [0.05, 0.1) is 17.4 Å². The van der Waals surface area contributed by atoms with E-state index in [0.29, 0.717) is 0 Å². The van der Waals surface area contributed by atoms with Crippen LogP contribution < -0.4 is 4.90 Å². The molecule has 0 bridgehead atoms. The quantitative estimate of drug-likeness (QED) is 0.172. The monoisotopic (exact) mass is 698 g/mol. The van der Waals surface area contributed by atoms with Gasteiger partial charge in [0.25, 0.3) is 0 Å². The first-order valence-corrected chi connectivity index (χ1v) is 18.9. The second kappa shape index (κ2) is 12.7. The Bertz CT molecular complexity index is 2990. The number of benzene rings is 9. The average Bonchev–Trinajstić information content (AvgIpc) is 3.58. The Morgan fingerprint density at radius 3 is 1.56 bits per heavy atom. The van der Waals surface area contributed by atoms with E-state index in [2.05, 4.69) is 199 Å². The molecule has 0 radical (unpaired) electrons. The third-order valence-electron chi connectivity index (χ3n) is 11.2. The SMILES string of the molecule is c1ccc(-c2c3c(c(-c4ccccc4)c4ccccc24)-c2ccc(-c4cccc(N(c5ccccc5)c5cnc6ccccc6c5)c4)c4cccc-3c24)cc1. The molecule has 1 aliphatic rings. The van der Waals surface area contributed by atoms with Crippen molar-refractivity contribution in [3.8, 4) is 55.6 Å². The molecule has 0 saturated carbocycles. The molecule has 1 aromatic heterocycles. The van der Waals surface area contributed by atoms with Crippen molar-refractivity contribution >= 4 is 49.5 Å². The van der Waals surface area contributed by atoms with Crippen LogP contribution in [0.25, 0.3) is 88.1 Å². The van der Waals surface area contributed by atoms with Crippen LogP contribution in [0.3, 0.4) is 0 Å². The van der Waals surface area contributed by atoms with Crippen LogP contribution in [0, 0.1) is 0 Å². The summed E-state index contributed by atoms with van der Waals surface area (Å²) < 4.78 is 0. The number of hydrogen-bond donors (Lipinski definition) is 0. The molecule has 0 fully saturated rings. The van der Waals surface area contributed by atoms with E-state index < -0.39 is 0 Å². The number of hydrogen-bond acceptors (Lipinski definition) is 2. The van der Waals surface area contributed by atoms with Gasteiger partial charge >= 0.3 is 0 Å². The first-order chi connectivity index (χ1) is 27.3. The highest BCUT2D eigenvalue weighted by molar-refractivity contribution is 6.28. The summed E-state index contributed by atoms with van der Waals surface area (Å²) in [5.41, 5.74) is 16.8. The minimum absolute atomic E-state index is 0.987. The zero-order chi connectivity index (χ0) is 36.3. The number of pyridine rings is 1. The van der Waals surface area contributed by atoms with Gasteiger partial charge in [-0.05, 0) is 114 Å². The Balaban J connectivity index is 1.15. The second-order valence-electron chi connectivity index (χ2n) is 14.3. The lowest BCUT2D eigenvalue weighted by atomic mass is 9.82. The molecule has 0 amide bonds. The summed E-state index contributed by atoms with van der Waals surface area (Å²) in [6.45, 7) is 0. The molecule has 1 heterocycles. The highest BCUT2D eigenvalue weighted by Gasteiger charge is 2.31. The maximum atomic E-state index is 4.86. The molecule has 1 aliphatic carbocycles. The van der Waals surface area contributed by atoms with E-state index in [1.807, 2.05) is 12.3 Å². The molecule has 11 rings (SSSR count). The molecule has 9 aromatic carbocycles. The van der Waals surface area contributed by atoms with Crippen LogP contribution in [0.1, 0.15) is 0 Å². The normalized spacial score (nSPS) is 11.6. The van der Waals surface area contributed by atoms with Crippen LogP contribution in [0.4, 0.5) is 17.1 Å². The lowest BCUT2D eigenvalue weighted by molar-refractivity contribution is 1.26. The molecule has 55 heavy (non-hydrogen) atoms. The van der Waals surface area contributed by atoms with E-state index in [1.54, 1.807) is 0 Å². The van der Waals surface area contributed by atoms with Gasteiger partial charge in [0.2, 0.25) is 0 Å². The number of rotatable bonds is 6. The number of fused-ring (bicyclic) bond motifs is 5. The van der Waals surface area contributed by atoms with Crippen molar-refractivity contribution in [2.24, 2.45) is 0 Å². The lowest BCUT2D eigenvalue weighted by Crippen LogP contribution is -2.10. The number of para-hydroxylation sites is 2. The van der Waals surface area contributed by atoms with Gasteiger partial charge in [-0.25, -0.2) is 0 Å². The molecule has 0 atom stereocenters. The standard InChI is InChI=1S/C53H34N2/c1-4-16-35(17-5-1)49-44-25-11-12-26-45(44)50(36-18-6-2-7-19-36)53-47-31-30-42(43-27-15-28-46(51(43)47)52(49)53)37-21-14-24-40(32-37)55(39-22-8-3-9-23-39)41-33-38-20-10-13-29-48(38)54-34-41/h1-34H. The van der Waals surface area contributed by atoms with Crippen LogP contribution >= 0.6 is 0 Å². The number of nitrogens with zero attached hydrogens (tertiary/aromatic N) is 2. The topological polar surface area (TPSA) is 16.1 Å². The van der Waals surface area contributed by atoms with Crippen molar-refractivity contribution in [1.29, 1.82) is 0 Å². The first-order valence-electron chi connectivity index (χ1n) is 18.9. The summed E-state index contributed by atoms with van der Waals surface area (Å²) in [7, 11) is 0. The van der Waals surface area contributed by atoms with E-state index >= 15 is 0 Å². The van der Waals surface area contributed by atoms with Gasteiger partial charge in [-0.3, -0.25) is 4.98 Å². The maximum absolute atomic E-state index is 4.86. The summed E-state index contributed by atoms with van der Waals surface area (Å²) in [5.74, 6) is 0. The Kier molecular flexibility index (Phi) is 7.21. The fraction of sp³-hybridized carbons (Fsp3) is 0. The van der Waals surface area contributed by atoms with Gasteiger partial charge in [-0.2, -0.15) is 0 Å². The van der Waals surface area contributed by atoms with E-state index in [4.69, 9.17) is 4.98 Å². The van der Waals surface area contributed by atoms with Crippen LogP contribution in [0.15, 0.2) is 206 Å². The van der Waals surface area contributed by atoms with Gasteiger partial charge in [0.1, 0.15) is 0 Å². The van der Waals surface area contributed by atoms with Crippen molar-refractivity contribution in [2.75, 3.05) is 4.90 Å². The van der Waals surface area contributed by atoms with E-state index in [1.165, 1.54) is 77.2 Å². The molecular formula is C53H34N2. The molecule has 10 aromatic rings. The summed E-state index contributed by atoms with van der Waals surface area (Å²) in [6.07, 6.45) is 1.98. The highest BCUT2D eigenvalue weighted by Crippen LogP contribution is 2.58. The molecule has 0 aliphatic heterocycles. The molecule has 2 heteroatoms. The van der Waals surface area contributed by atoms with Gasteiger partial charge in [-0.1, -0.05) is 164 Å². The predicted octanol–water partition coefficient (Wildman–Crippen LogP) is 14.7. The molecule has 0 spiro atoms. The minimum Gasteiger partial charge on any atom is -0.309 e. The van der Waals surface area contributed by atoms with Gasteiger partial charge in [0, 0.05) is 16.8 Å².